The van der Waals surface area contributed by atoms with Crippen LogP contribution in [0.2, 0.25) is 0 Å². The zero-order valence-electron chi connectivity index (χ0n) is 9.76. The second-order valence-electron chi connectivity index (χ2n) is 4.32. The first-order chi connectivity index (χ1) is 8.33. The zero-order chi connectivity index (χ0) is 11.7. The fourth-order valence-electron chi connectivity index (χ4n) is 2.25. The Morgan fingerprint density at radius 2 is 2.53 bits per heavy atom. The average Bonchev–Trinajstić information content (AvgIpc) is 3.00. The number of hydrogen-bond donors (Lipinski definition) is 1. The van der Waals surface area contributed by atoms with Crippen molar-refractivity contribution in [2.45, 2.75) is 32.4 Å². The van der Waals surface area contributed by atoms with Crippen LogP contribution in [0.15, 0.2) is 17.0 Å². The molecular formula is C11H15N5O. The first-order valence-electron chi connectivity index (χ1n) is 5.85. The highest BCUT2D eigenvalue weighted by Gasteiger charge is 2.20. The number of aromatic nitrogens is 4. The van der Waals surface area contributed by atoms with Crippen LogP contribution >= 0.6 is 0 Å². The molecule has 0 aromatic carbocycles. The van der Waals surface area contributed by atoms with E-state index in [2.05, 4.69) is 25.0 Å². The van der Waals surface area contributed by atoms with Gasteiger partial charge in [0.1, 0.15) is 0 Å². The maximum atomic E-state index is 4.97. The summed E-state index contributed by atoms with van der Waals surface area (Å²) in [6, 6.07) is 0.408. The molecule has 1 atom stereocenters. The maximum absolute atomic E-state index is 4.97. The van der Waals surface area contributed by atoms with Gasteiger partial charge < -0.3 is 14.4 Å². The summed E-state index contributed by atoms with van der Waals surface area (Å²) in [6.45, 7) is 3.49. The van der Waals surface area contributed by atoms with E-state index in [9.17, 15) is 0 Å². The van der Waals surface area contributed by atoms with Gasteiger partial charge in [0.25, 0.3) is 0 Å². The Kier molecular flexibility index (Phi) is 2.64. The number of nitrogens with one attached hydrogen (secondary N) is 1. The topological polar surface area (TPSA) is 68.8 Å². The molecule has 0 saturated carbocycles. The van der Waals surface area contributed by atoms with E-state index in [-0.39, 0.29) is 0 Å². The molecule has 1 unspecified atom stereocenters. The van der Waals surface area contributed by atoms with Crippen molar-refractivity contribution >= 4 is 0 Å². The van der Waals surface area contributed by atoms with E-state index in [4.69, 9.17) is 4.52 Å². The minimum absolute atomic E-state index is 0.408. The van der Waals surface area contributed by atoms with E-state index < -0.39 is 0 Å². The fourth-order valence-corrected chi connectivity index (χ4v) is 2.25. The van der Waals surface area contributed by atoms with E-state index in [0.29, 0.717) is 24.3 Å². The summed E-state index contributed by atoms with van der Waals surface area (Å²) in [5.41, 5.74) is 1.20. The van der Waals surface area contributed by atoms with Crippen LogP contribution in [0.5, 0.6) is 0 Å². The predicted molar refractivity (Wildman–Crippen MR) is 60.3 cm³/mol. The van der Waals surface area contributed by atoms with Gasteiger partial charge in [0.2, 0.25) is 5.89 Å². The van der Waals surface area contributed by atoms with Crippen LogP contribution in [-0.4, -0.2) is 26.2 Å². The van der Waals surface area contributed by atoms with E-state index in [1.165, 1.54) is 12.1 Å². The normalized spacial score (nSPS) is 19.9. The van der Waals surface area contributed by atoms with Gasteiger partial charge in [-0.15, -0.1) is 0 Å². The van der Waals surface area contributed by atoms with Crippen LogP contribution in [0, 0.1) is 6.92 Å². The van der Waals surface area contributed by atoms with Gasteiger partial charge in [-0.05, 0) is 19.4 Å². The number of imidazole rings is 1. The molecule has 0 spiro atoms. The summed E-state index contributed by atoms with van der Waals surface area (Å²) >= 11 is 0. The van der Waals surface area contributed by atoms with E-state index in [0.717, 1.165) is 13.0 Å². The highest BCUT2D eigenvalue weighted by Crippen LogP contribution is 2.22. The molecule has 1 fully saturated rings. The predicted octanol–water partition coefficient (Wildman–Crippen LogP) is 1.05. The van der Waals surface area contributed by atoms with E-state index in [1.807, 2.05) is 12.5 Å². The molecular weight excluding hydrogens is 218 g/mol. The summed E-state index contributed by atoms with van der Waals surface area (Å²) in [7, 11) is 0. The Bertz CT molecular complexity index is 497. The lowest BCUT2D eigenvalue weighted by Gasteiger charge is -2.12. The van der Waals surface area contributed by atoms with Gasteiger partial charge in [0.15, 0.2) is 5.82 Å². The Morgan fingerprint density at radius 3 is 3.24 bits per heavy atom. The molecule has 3 heterocycles. The largest absolute Gasteiger partial charge is 0.340 e. The fraction of sp³-hybridized carbons (Fsp3) is 0.545. The molecule has 0 radical (unpaired) electrons. The van der Waals surface area contributed by atoms with Crippen LogP contribution in [0.4, 0.5) is 0 Å². The lowest BCUT2D eigenvalue weighted by molar-refractivity contribution is 0.385. The summed E-state index contributed by atoms with van der Waals surface area (Å²) in [6.07, 6.45) is 6.12. The quantitative estimate of drug-likeness (QED) is 0.858. The maximum Gasteiger partial charge on any atom is 0.223 e. The van der Waals surface area contributed by atoms with Gasteiger partial charge in [0, 0.05) is 19.2 Å². The molecule has 1 saturated heterocycles. The van der Waals surface area contributed by atoms with Crippen molar-refractivity contribution in [3.05, 3.63) is 29.9 Å². The molecule has 1 aliphatic rings. The SMILES string of the molecule is Cc1nc(Cn2cncc2C2CCCN2)no1. The third kappa shape index (κ3) is 2.08. The van der Waals surface area contributed by atoms with Gasteiger partial charge in [-0.25, -0.2) is 4.98 Å². The molecule has 1 N–H and O–H groups in total. The molecule has 6 heteroatoms. The van der Waals surface area contributed by atoms with Crippen LogP contribution in [0.1, 0.15) is 36.3 Å². The number of nitrogens with zero attached hydrogens (tertiary/aromatic N) is 4. The van der Waals surface area contributed by atoms with Gasteiger partial charge in [-0.1, -0.05) is 5.16 Å². The van der Waals surface area contributed by atoms with Crippen LogP contribution < -0.4 is 5.32 Å². The van der Waals surface area contributed by atoms with Crippen molar-refractivity contribution < 1.29 is 4.52 Å². The molecule has 3 rings (SSSR count). The van der Waals surface area contributed by atoms with Crippen LogP contribution in [0.3, 0.4) is 0 Å². The third-order valence-corrected chi connectivity index (χ3v) is 3.04. The summed E-state index contributed by atoms with van der Waals surface area (Å²) < 4.78 is 7.04. The molecule has 0 amide bonds. The minimum Gasteiger partial charge on any atom is -0.340 e. The van der Waals surface area contributed by atoms with Crippen molar-refractivity contribution in [1.82, 2.24) is 25.0 Å². The molecule has 0 bridgehead atoms. The van der Waals surface area contributed by atoms with Gasteiger partial charge in [0.05, 0.1) is 18.6 Å². The first kappa shape index (κ1) is 10.5. The van der Waals surface area contributed by atoms with E-state index in [1.54, 1.807) is 6.92 Å². The summed E-state index contributed by atoms with van der Waals surface area (Å²) in [4.78, 5) is 8.41. The highest BCUT2D eigenvalue weighted by molar-refractivity contribution is 5.08. The second-order valence-corrected chi connectivity index (χ2v) is 4.32. The van der Waals surface area contributed by atoms with Gasteiger partial charge in [-0.3, -0.25) is 0 Å². The standard InChI is InChI=1S/C11H15N5O/c1-8-14-11(15-17-8)6-16-7-12-5-10(16)9-3-2-4-13-9/h5,7,9,13H,2-4,6H2,1H3. The molecule has 90 valence electrons. The monoisotopic (exact) mass is 233 g/mol. The van der Waals surface area contributed by atoms with Crippen molar-refractivity contribution in [2.24, 2.45) is 0 Å². The third-order valence-electron chi connectivity index (χ3n) is 3.04. The van der Waals surface area contributed by atoms with Crippen LogP contribution in [0.25, 0.3) is 0 Å². The Balaban J connectivity index is 1.81. The number of rotatable bonds is 3. The molecule has 1 aliphatic heterocycles. The van der Waals surface area contributed by atoms with Crippen molar-refractivity contribution in [3.8, 4) is 0 Å². The van der Waals surface area contributed by atoms with Crippen molar-refractivity contribution in [2.75, 3.05) is 6.54 Å². The first-order valence-corrected chi connectivity index (χ1v) is 5.85. The Labute approximate surface area is 99.0 Å². The molecule has 6 nitrogen and oxygen atoms in total. The average molecular weight is 233 g/mol. The summed E-state index contributed by atoms with van der Waals surface area (Å²) in [5.74, 6) is 1.29. The zero-order valence-corrected chi connectivity index (χ0v) is 9.76. The van der Waals surface area contributed by atoms with Crippen LogP contribution in [-0.2, 0) is 6.54 Å². The van der Waals surface area contributed by atoms with Crippen molar-refractivity contribution in [1.29, 1.82) is 0 Å². The number of aryl methyl sites for hydroxylation is 1. The van der Waals surface area contributed by atoms with Gasteiger partial charge in [-0.2, -0.15) is 4.98 Å². The molecule has 2 aromatic heterocycles. The minimum atomic E-state index is 0.408. The highest BCUT2D eigenvalue weighted by atomic mass is 16.5. The number of hydrogen-bond acceptors (Lipinski definition) is 5. The lowest BCUT2D eigenvalue weighted by Crippen LogP contribution is -2.17. The summed E-state index contributed by atoms with van der Waals surface area (Å²) in [5, 5.41) is 7.37. The van der Waals surface area contributed by atoms with Gasteiger partial charge >= 0.3 is 0 Å². The van der Waals surface area contributed by atoms with E-state index >= 15 is 0 Å². The molecule has 0 aliphatic carbocycles. The molecule has 17 heavy (non-hydrogen) atoms. The smallest absolute Gasteiger partial charge is 0.223 e. The lowest BCUT2D eigenvalue weighted by atomic mass is 10.2. The van der Waals surface area contributed by atoms with Crippen molar-refractivity contribution in [3.63, 3.8) is 0 Å². The Morgan fingerprint density at radius 1 is 1.59 bits per heavy atom. The molecule has 2 aromatic rings. The second kappa shape index (κ2) is 4.29. The Hall–Kier alpha value is -1.69.